The number of benzene rings is 2. The molecule has 2 aromatic carbocycles. The topological polar surface area (TPSA) is 89.9 Å². The number of carbonyl (C=O) groups excluding carboxylic acids is 2. The molecule has 0 saturated heterocycles. The van der Waals surface area contributed by atoms with Crippen molar-refractivity contribution in [3.63, 3.8) is 0 Å². The van der Waals surface area contributed by atoms with Crippen LogP contribution in [0.15, 0.2) is 59.7 Å². The zero-order chi connectivity index (χ0) is 24.1. The third-order valence-electron chi connectivity index (χ3n) is 5.32. The minimum Gasteiger partial charge on any atom is -0.478 e. The van der Waals surface area contributed by atoms with Gasteiger partial charge < -0.3 is 14.6 Å². The summed E-state index contributed by atoms with van der Waals surface area (Å²) in [4.78, 5) is 36.9. The molecule has 2 aromatic rings. The van der Waals surface area contributed by atoms with Crippen molar-refractivity contribution in [3.8, 4) is 5.75 Å². The Morgan fingerprint density at radius 1 is 1.00 bits per heavy atom. The van der Waals surface area contributed by atoms with E-state index in [1.807, 2.05) is 12.1 Å². The number of rotatable bonds is 7. The van der Waals surface area contributed by atoms with E-state index < -0.39 is 29.7 Å². The zero-order valence-corrected chi connectivity index (χ0v) is 18.7. The molecule has 0 aliphatic heterocycles. The van der Waals surface area contributed by atoms with Crippen LogP contribution in [0.25, 0.3) is 11.4 Å². The molecule has 172 valence electrons. The number of carbonyl (C=O) groups is 3. The lowest BCUT2D eigenvalue weighted by Gasteiger charge is -2.21. The van der Waals surface area contributed by atoms with E-state index in [4.69, 9.17) is 9.47 Å². The molecule has 0 atom stereocenters. The predicted molar refractivity (Wildman–Crippen MR) is 121 cm³/mol. The summed E-state index contributed by atoms with van der Waals surface area (Å²) in [6.45, 7) is 5.05. The van der Waals surface area contributed by atoms with Gasteiger partial charge in [0.1, 0.15) is 11.6 Å². The van der Waals surface area contributed by atoms with Crippen LogP contribution in [0.3, 0.4) is 0 Å². The van der Waals surface area contributed by atoms with Gasteiger partial charge in [0.2, 0.25) is 0 Å². The van der Waals surface area contributed by atoms with E-state index in [-0.39, 0.29) is 34.6 Å². The van der Waals surface area contributed by atoms with Gasteiger partial charge in [0.25, 0.3) is 0 Å². The van der Waals surface area contributed by atoms with Gasteiger partial charge in [0, 0.05) is 5.56 Å². The molecule has 0 unspecified atom stereocenters. The van der Waals surface area contributed by atoms with Crippen LogP contribution in [0, 0.1) is 5.92 Å². The highest BCUT2D eigenvalue weighted by Crippen LogP contribution is 2.33. The van der Waals surface area contributed by atoms with Gasteiger partial charge in [-0.25, -0.2) is 18.8 Å². The number of ether oxygens (including phenoxy) is 2. The maximum absolute atomic E-state index is 14.7. The maximum atomic E-state index is 14.7. The molecular formula is C26H25FO6. The van der Waals surface area contributed by atoms with Gasteiger partial charge >= 0.3 is 17.9 Å². The second kappa shape index (κ2) is 10.3. The predicted octanol–water partition coefficient (Wildman–Crippen LogP) is 4.98. The van der Waals surface area contributed by atoms with E-state index >= 15 is 0 Å². The average Bonchev–Trinajstić information content (AvgIpc) is 2.78. The largest absolute Gasteiger partial charge is 0.478 e. The summed E-state index contributed by atoms with van der Waals surface area (Å²) >= 11 is 0. The summed E-state index contributed by atoms with van der Waals surface area (Å²) in [5, 5.41) is 9.26. The highest BCUT2D eigenvalue weighted by molar-refractivity contribution is 6.23. The summed E-state index contributed by atoms with van der Waals surface area (Å²) in [6, 6.07) is 12.8. The molecule has 0 aromatic heterocycles. The Morgan fingerprint density at radius 3 is 2.27 bits per heavy atom. The lowest BCUT2D eigenvalue weighted by molar-refractivity contribution is -0.137. The molecule has 1 aliphatic carbocycles. The minimum atomic E-state index is -1.32. The van der Waals surface area contributed by atoms with E-state index in [1.54, 1.807) is 32.9 Å². The molecule has 0 radical (unpaired) electrons. The van der Waals surface area contributed by atoms with Crippen molar-refractivity contribution in [2.45, 2.75) is 33.6 Å². The van der Waals surface area contributed by atoms with Crippen LogP contribution < -0.4 is 4.74 Å². The summed E-state index contributed by atoms with van der Waals surface area (Å²) in [7, 11) is 0. The van der Waals surface area contributed by atoms with Gasteiger partial charge in [-0.15, -0.1) is 0 Å². The summed E-state index contributed by atoms with van der Waals surface area (Å²) in [5.41, 5.74) is 1.74. The molecule has 3 rings (SSSR count). The molecule has 1 N–H and O–H groups in total. The van der Waals surface area contributed by atoms with Crippen molar-refractivity contribution in [2.24, 2.45) is 5.92 Å². The monoisotopic (exact) mass is 452 g/mol. The summed E-state index contributed by atoms with van der Waals surface area (Å²) in [6.07, 6.45) is 0.890. The fourth-order valence-electron chi connectivity index (χ4n) is 3.76. The lowest BCUT2D eigenvalue weighted by atomic mass is 9.85. The zero-order valence-electron chi connectivity index (χ0n) is 18.7. The Hall–Kier alpha value is -3.74. The Bertz CT molecular complexity index is 1140. The van der Waals surface area contributed by atoms with Crippen LogP contribution in [0.2, 0.25) is 0 Å². The Balaban J connectivity index is 1.91. The third kappa shape index (κ3) is 5.19. The number of halogens is 1. The number of esters is 2. The normalized spacial score (nSPS) is 13.8. The van der Waals surface area contributed by atoms with Crippen LogP contribution in [0.4, 0.5) is 4.39 Å². The maximum Gasteiger partial charge on any atom is 0.340 e. The van der Waals surface area contributed by atoms with E-state index in [0.717, 1.165) is 5.56 Å². The third-order valence-corrected chi connectivity index (χ3v) is 5.32. The fraction of sp³-hybridized carbons (Fsp3) is 0.269. The first-order valence-electron chi connectivity index (χ1n) is 10.7. The quantitative estimate of drug-likeness (QED) is 0.362. The van der Waals surface area contributed by atoms with Crippen LogP contribution >= 0.6 is 0 Å². The molecule has 0 amide bonds. The average molecular weight is 452 g/mol. The molecule has 0 saturated carbocycles. The van der Waals surface area contributed by atoms with Gasteiger partial charge in [-0.1, -0.05) is 38.1 Å². The van der Waals surface area contributed by atoms with Crippen molar-refractivity contribution in [2.75, 3.05) is 6.61 Å². The van der Waals surface area contributed by atoms with Crippen molar-refractivity contribution in [3.05, 3.63) is 76.4 Å². The van der Waals surface area contributed by atoms with E-state index in [2.05, 4.69) is 0 Å². The van der Waals surface area contributed by atoms with Crippen LogP contribution in [0.5, 0.6) is 5.75 Å². The number of carboxylic acids is 1. The van der Waals surface area contributed by atoms with Gasteiger partial charge in [0.15, 0.2) is 0 Å². The van der Waals surface area contributed by atoms with Crippen LogP contribution in [-0.2, 0) is 25.5 Å². The van der Waals surface area contributed by atoms with Gasteiger partial charge in [-0.05, 0) is 61.1 Å². The first kappa shape index (κ1) is 23.9. The summed E-state index contributed by atoms with van der Waals surface area (Å²) < 4.78 is 25.3. The van der Waals surface area contributed by atoms with E-state index in [9.17, 15) is 23.9 Å². The van der Waals surface area contributed by atoms with Crippen LogP contribution in [0.1, 0.15) is 43.9 Å². The summed E-state index contributed by atoms with van der Waals surface area (Å²) in [5.74, 6) is -3.81. The van der Waals surface area contributed by atoms with Crippen molar-refractivity contribution in [1.29, 1.82) is 0 Å². The Kier molecular flexibility index (Phi) is 7.43. The van der Waals surface area contributed by atoms with Gasteiger partial charge in [-0.2, -0.15) is 0 Å². The molecule has 7 heteroatoms. The van der Waals surface area contributed by atoms with Crippen molar-refractivity contribution >= 4 is 29.3 Å². The molecular weight excluding hydrogens is 427 g/mol. The molecule has 0 heterocycles. The fourth-order valence-corrected chi connectivity index (χ4v) is 3.76. The highest BCUT2D eigenvalue weighted by Gasteiger charge is 2.30. The number of fused-ring (bicyclic) bond motifs is 1. The molecule has 0 bridgehead atoms. The van der Waals surface area contributed by atoms with Crippen molar-refractivity contribution in [1.82, 2.24) is 0 Å². The van der Waals surface area contributed by atoms with Gasteiger partial charge in [0.05, 0.1) is 23.3 Å². The Labute approximate surface area is 191 Å². The highest BCUT2D eigenvalue weighted by atomic mass is 19.1. The van der Waals surface area contributed by atoms with Gasteiger partial charge in [-0.3, -0.25) is 0 Å². The number of aryl methyl sites for hydroxylation is 1. The van der Waals surface area contributed by atoms with Crippen LogP contribution in [-0.4, -0.2) is 29.6 Å². The second-order valence-electron chi connectivity index (χ2n) is 7.83. The first-order valence-corrected chi connectivity index (χ1v) is 10.7. The number of carboxylic acid groups (broad SMARTS) is 1. The number of hydrogen-bond acceptors (Lipinski definition) is 5. The SMILES string of the molecule is CCOC(=O)C1=C(C(=O)Oc2ccc(/C(F)=C(/C(=O)O)C(C)C)cc2)CCc2ccccc21. The molecule has 6 nitrogen and oxygen atoms in total. The van der Waals surface area contributed by atoms with E-state index in [1.165, 1.54) is 24.3 Å². The first-order chi connectivity index (χ1) is 15.7. The molecule has 0 spiro atoms. The smallest absolute Gasteiger partial charge is 0.340 e. The second-order valence-corrected chi connectivity index (χ2v) is 7.83. The number of aliphatic carboxylic acids is 1. The minimum absolute atomic E-state index is 0.0684. The van der Waals surface area contributed by atoms with Crippen molar-refractivity contribution < 1.29 is 33.4 Å². The molecule has 1 aliphatic rings. The Morgan fingerprint density at radius 2 is 1.67 bits per heavy atom. The standard InChI is InChI=1S/C26H25FO6/c1-4-32-26(31)22-19-8-6-5-7-16(19)11-14-20(22)25(30)33-18-12-9-17(10-13-18)23(27)21(15(2)3)24(28)29/h5-10,12-13,15H,4,11,14H2,1-3H3,(H,28,29)/b23-21-. The number of hydrogen-bond donors (Lipinski definition) is 1. The van der Waals surface area contributed by atoms with E-state index in [0.29, 0.717) is 18.4 Å². The molecule has 33 heavy (non-hydrogen) atoms. The molecule has 0 fully saturated rings. The lowest BCUT2D eigenvalue weighted by Crippen LogP contribution is -2.22.